The Balaban J connectivity index is 2.57. The Labute approximate surface area is 65.8 Å². The Kier molecular flexibility index (Phi) is 2.31. The van der Waals surface area contributed by atoms with E-state index in [4.69, 9.17) is 0 Å². The molecule has 11 heavy (non-hydrogen) atoms. The highest BCUT2D eigenvalue weighted by Gasteiger charge is 2.00. The topological polar surface area (TPSA) is 44.9 Å². The zero-order valence-corrected chi connectivity index (χ0v) is 6.77. The van der Waals surface area contributed by atoms with E-state index >= 15 is 0 Å². The van der Waals surface area contributed by atoms with Crippen molar-refractivity contribution in [2.24, 2.45) is 0 Å². The number of carbonyl (C=O) groups excluding carboxylic acids is 1. The van der Waals surface area contributed by atoms with Gasteiger partial charge in [-0.25, -0.2) is 0 Å². The van der Waals surface area contributed by atoms with Crippen LogP contribution in [0.1, 0.15) is 11.4 Å². The van der Waals surface area contributed by atoms with Gasteiger partial charge in [-0.15, -0.1) is 0 Å². The van der Waals surface area contributed by atoms with Gasteiger partial charge in [0.05, 0.1) is 6.42 Å². The van der Waals surface area contributed by atoms with Crippen LogP contribution in [-0.4, -0.2) is 17.9 Å². The Morgan fingerprint density at radius 2 is 2.36 bits per heavy atom. The number of carbonyl (C=O) groups is 1. The van der Waals surface area contributed by atoms with Crippen molar-refractivity contribution in [3.05, 3.63) is 23.5 Å². The highest BCUT2D eigenvalue weighted by molar-refractivity contribution is 5.77. The number of aromatic amines is 1. The van der Waals surface area contributed by atoms with Crippen molar-refractivity contribution in [1.82, 2.24) is 10.3 Å². The second-order valence-electron chi connectivity index (χ2n) is 2.52. The lowest BCUT2D eigenvalue weighted by Crippen LogP contribution is -2.20. The molecule has 0 aliphatic carbocycles. The fourth-order valence-corrected chi connectivity index (χ4v) is 0.927. The second-order valence-corrected chi connectivity index (χ2v) is 2.52. The molecule has 0 radical (unpaired) electrons. The summed E-state index contributed by atoms with van der Waals surface area (Å²) < 4.78 is 0. The van der Waals surface area contributed by atoms with Gasteiger partial charge in [-0.1, -0.05) is 0 Å². The molecule has 0 saturated carbocycles. The first-order valence-electron chi connectivity index (χ1n) is 3.57. The summed E-state index contributed by atoms with van der Waals surface area (Å²) in [6, 6.07) is 3.88. The first-order valence-corrected chi connectivity index (χ1v) is 3.57. The first kappa shape index (κ1) is 7.85. The van der Waals surface area contributed by atoms with E-state index in [0.29, 0.717) is 6.42 Å². The molecule has 0 aliphatic heterocycles. The van der Waals surface area contributed by atoms with Gasteiger partial charge in [-0.3, -0.25) is 4.79 Å². The number of nitrogens with one attached hydrogen (secondary N) is 2. The molecule has 1 rings (SSSR count). The summed E-state index contributed by atoms with van der Waals surface area (Å²) in [6.45, 7) is 1.97. The molecule has 0 fully saturated rings. The van der Waals surface area contributed by atoms with Crippen LogP contribution in [0.15, 0.2) is 12.1 Å². The van der Waals surface area contributed by atoms with E-state index in [1.165, 1.54) is 0 Å². The minimum absolute atomic E-state index is 0.0341. The van der Waals surface area contributed by atoms with Gasteiger partial charge in [0.2, 0.25) is 5.91 Å². The molecule has 0 saturated heterocycles. The van der Waals surface area contributed by atoms with Gasteiger partial charge in [-0.05, 0) is 19.1 Å². The summed E-state index contributed by atoms with van der Waals surface area (Å²) in [5.41, 5.74) is 2.05. The third-order valence-electron chi connectivity index (χ3n) is 1.52. The molecule has 1 aromatic heterocycles. The molecule has 0 unspecified atom stereocenters. The molecule has 0 aromatic carbocycles. The van der Waals surface area contributed by atoms with Crippen LogP contribution in [0.2, 0.25) is 0 Å². The summed E-state index contributed by atoms with van der Waals surface area (Å²) in [5.74, 6) is 0.0341. The SMILES string of the molecule is CNC(=O)Cc1ccc(C)[nH]1. The lowest BCUT2D eigenvalue weighted by atomic mass is 10.3. The van der Waals surface area contributed by atoms with E-state index in [9.17, 15) is 4.79 Å². The smallest absolute Gasteiger partial charge is 0.225 e. The molecule has 3 nitrogen and oxygen atoms in total. The van der Waals surface area contributed by atoms with Gasteiger partial charge in [0.25, 0.3) is 0 Å². The number of hydrogen-bond acceptors (Lipinski definition) is 1. The van der Waals surface area contributed by atoms with Crippen LogP contribution in [0, 0.1) is 6.92 Å². The maximum atomic E-state index is 10.9. The summed E-state index contributed by atoms with van der Waals surface area (Å²) in [4.78, 5) is 13.9. The second kappa shape index (κ2) is 3.23. The fraction of sp³-hybridized carbons (Fsp3) is 0.375. The minimum Gasteiger partial charge on any atom is -0.362 e. The van der Waals surface area contributed by atoms with Crippen LogP contribution >= 0.6 is 0 Å². The number of hydrogen-bond donors (Lipinski definition) is 2. The van der Waals surface area contributed by atoms with Gasteiger partial charge in [-0.2, -0.15) is 0 Å². The molecular weight excluding hydrogens is 140 g/mol. The van der Waals surface area contributed by atoms with Gasteiger partial charge in [0.1, 0.15) is 0 Å². The molecule has 2 N–H and O–H groups in total. The zero-order valence-electron chi connectivity index (χ0n) is 6.77. The summed E-state index contributed by atoms with van der Waals surface area (Å²) in [6.07, 6.45) is 0.435. The van der Waals surface area contributed by atoms with Gasteiger partial charge >= 0.3 is 0 Å². The normalized spacial score (nSPS) is 9.64. The molecule has 1 amide bonds. The Hall–Kier alpha value is -1.25. The van der Waals surface area contributed by atoms with Crippen molar-refractivity contribution in [1.29, 1.82) is 0 Å². The van der Waals surface area contributed by atoms with Gasteiger partial charge in [0.15, 0.2) is 0 Å². The van der Waals surface area contributed by atoms with E-state index in [-0.39, 0.29) is 5.91 Å². The fourth-order valence-electron chi connectivity index (χ4n) is 0.927. The molecule has 0 spiro atoms. The summed E-state index contributed by atoms with van der Waals surface area (Å²) in [5, 5.41) is 2.56. The largest absolute Gasteiger partial charge is 0.362 e. The van der Waals surface area contributed by atoms with Gasteiger partial charge in [0, 0.05) is 18.4 Å². The highest BCUT2D eigenvalue weighted by Crippen LogP contribution is 2.00. The molecule has 60 valence electrons. The van der Waals surface area contributed by atoms with Crippen molar-refractivity contribution in [2.75, 3.05) is 7.05 Å². The van der Waals surface area contributed by atoms with E-state index in [1.54, 1.807) is 7.05 Å². The van der Waals surface area contributed by atoms with Crippen LogP contribution in [0.3, 0.4) is 0 Å². The van der Waals surface area contributed by atoms with Crippen molar-refractivity contribution in [2.45, 2.75) is 13.3 Å². The van der Waals surface area contributed by atoms with Crippen molar-refractivity contribution in [3.8, 4) is 0 Å². The molecule has 0 bridgehead atoms. The maximum absolute atomic E-state index is 10.9. The van der Waals surface area contributed by atoms with Crippen LogP contribution in [0.25, 0.3) is 0 Å². The predicted octanol–water partition coefficient (Wildman–Crippen LogP) is 0.612. The minimum atomic E-state index is 0.0341. The maximum Gasteiger partial charge on any atom is 0.225 e. The lowest BCUT2D eigenvalue weighted by Gasteiger charge is -1.95. The van der Waals surface area contributed by atoms with Crippen LogP contribution in [-0.2, 0) is 11.2 Å². The monoisotopic (exact) mass is 152 g/mol. The standard InChI is InChI=1S/C8H12N2O/c1-6-3-4-7(10-6)5-8(11)9-2/h3-4,10H,5H2,1-2H3,(H,9,11). The van der Waals surface area contributed by atoms with Crippen LogP contribution in [0.5, 0.6) is 0 Å². The summed E-state index contributed by atoms with van der Waals surface area (Å²) in [7, 11) is 1.64. The van der Waals surface area contributed by atoms with Gasteiger partial charge < -0.3 is 10.3 Å². The molecule has 0 atom stereocenters. The Morgan fingerprint density at radius 1 is 1.64 bits per heavy atom. The third kappa shape index (κ3) is 2.11. The number of aryl methyl sites for hydroxylation is 1. The van der Waals surface area contributed by atoms with Crippen molar-refractivity contribution >= 4 is 5.91 Å². The van der Waals surface area contributed by atoms with E-state index in [2.05, 4.69) is 10.3 Å². The predicted molar refractivity (Wildman–Crippen MR) is 43.3 cm³/mol. The quantitative estimate of drug-likeness (QED) is 0.640. The number of H-pyrrole nitrogens is 1. The number of amides is 1. The van der Waals surface area contributed by atoms with Crippen LogP contribution < -0.4 is 5.32 Å². The highest BCUT2D eigenvalue weighted by atomic mass is 16.1. The van der Waals surface area contributed by atoms with Crippen molar-refractivity contribution < 1.29 is 4.79 Å². The number of likely N-dealkylation sites (N-methyl/N-ethyl adjacent to an activating group) is 1. The molecule has 3 heteroatoms. The molecule has 0 aliphatic rings. The Bertz CT molecular complexity index is 252. The van der Waals surface area contributed by atoms with Crippen LogP contribution in [0.4, 0.5) is 0 Å². The van der Waals surface area contributed by atoms with E-state index < -0.39 is 0 Å². The third-order valence-corrected chi connectivity index (χ3v) is 1.52. The number of rotatable bonds is 2. The molecule has 1 heterocycles. The molecule has 1 aromatic rings. The lowest BCUT2D eigenvalue weighted by molar-refractivity contribution is -0.120. The average Bonchev–Trinajstić information content (AvgIpc) is 2.35. The van der Waals surface area contributed by atoms with Crippen molar-refractivity contribution in [3.63, 3.8) is 0 Å². The molecular formula is C8H12N2O. The Morgan fingerprint density at radius 3 is 2.82 bits per heavy atom. The number of aromatic nitrogens is 1. The summed E-state index contributed by atoms with van der Waals surface area (Å²) >= 11 is 0. The first-order chi connectivity index (χ1) is 5.22. The average molecular weight is 152 g/mol. The van der Waals surface area contributed by atoms with E-state index in [0.717, 1.165) is 11.4 Å². The zero-order chi connectivity index (χ0) is 8.27. The van der Waals surface area contributed by atoms with E-state index in [1.807, 2.05) is 19.1 Å².